The lowest BCUT2D eigenvalue weighted by molar-refractivity contribution is 0.921. The van der Waals surface area contributed by atoms with Gasteiger partial charge in [-0.3, -0.25) is 9.97 Å². The first kappa shape index (κ1) is 12.3. The maximum absolute atomic E-state index is 9.43. The van der Waals surface area contributed by atoms with Gasteiger partial charge in [-0.05, 0) is 37.5 Å². The molecule has 0 N–H and O–H groups in total. The average Bonchev–Trinajstić information content (AvgIpc) is 2.34. The summed E-state index contributed by atoms with van der Waals surface area (Å²) < 4.78 is 0. The number of aryl methyl sites for hydroxylation is 3. The number of rotatable bonds is 2. The van der Waals surface area contributed by atoms with E-state index < -0.39 is 0 Å². The average molecular weight is 237 g/mol. The Bertz CT molecular complexity index is 574. The summed E-state index contributed by atoms with van der Waals surface area (Å²) in [6.45, 7) is 6.14. The number of nitriles is 1. The molecule has 0 aliphatic heterocycles. The van der Waals surface area contributed by atoms with Crippen LogP contribution in [0.25, 0.3) is 0 Å². The van der Waals surface area contributed by atoms with Crippen LogP contribution in [0.3, 0.4) is 0 Å². The highest BCUT2D eigenvalue weighted by atomic mass is 14.8. The zero-order chi connectivity index (χ0) is 13.1. The lowest BCUT2D eigenvalue weighted by Gasteiger charge is -2.15. The number of aromatic nitrogens is 2. The molecule has 0 aliphatic carbocycles. The molecule has 3 nitrogen and oxygen atoms in total. The molecule has 1 unspecified atom stereocenters. The fraction of sp³-hybridized carbons (Fsp3) is 0.267. The van der Waals surface area contributed by atoms with Crippen molar-refractivity contribution < 1.29 is 0 Å². The molecular formula is C15H15N3. The second-order valence-electron chi connectivity index (χ2n) is 4.50. The van der Waals surface area contributed by atoms with E-state index in [1.165, 1.54) is 5.56 Å². The predicted octanol–water partition coefficient (Wildman–Crippen LogP) is 3.06. The molecule has 2 aromatic rings. The van der Waals surface area contributed by atoms with Gasteiger partial charge < -0.3 is 0 Å². The van der Waals surface area contributed by atoms with E-state index in [2.05, 4.69) is 35.1 Å². The van der Waals surface area contributed by atoms with Crippen LogP contribution in [0.5, 0.6) is 0 Å². The smallest absolute Gasteiger partial charge is 0.115 e. The minimum absolute atomic E-state index is 0.348. The monoisotopic (exact) mass is 237 g/mol. The second-order valence-corrected chi connectivity index (χ2v) is 4.50. The van der Waals surface area contributed by atoms with Crippen molar-refractivity contribution >= 4 is 0 Å². The third-order valence-electron chi connectivity index (χ3n) is 3.03. The number of nitrogens with zero attached hydrogens (tertiary/aromatic N) is 3. The van der Waals surface area contributed by atoms with E-state index in [9.17, 15) is 5.26 Å². The third kappa shape index (κ3) is 2.23. The van der Waals surface area contributed by atoms with Gasteiger partial charge in [-0.25, -0.2) is 0 Å². The highest BCUT2D eigenvalue weighted by Gasteiger charge is 2.19. The molecule has 3 heteroatoms. The maximum atomic E-state index is 9.43. The van der Waals surface area contributed by atoms with Crippen LogP contribution in [0.4, 0.5) is 0 Å². The molecule has 0 aliphatic rings. The highest BCUT2D eigenvalue weighted by molar-refractivity contribution is 5.46. The fourth-order valence-electron chi connectivity index (χ4n) is 2.38. The van der Waals surface area contributed by atoms with Crippen molar-refractivity contribution in [2.45, 2.75) is 26.7 Å². The van der Waals surface area contributed by atoms with Crippen molar-refractivity contribution in [3.63, 3.8) is 0 Å². The molecule has 18 heavy (non-hydrogen) atoms. The zero-order valence-electron chi connectivity index (χ0n) is 10.8. The minimum Gasteiger partial charge on any atom is -0.261 e. The maximum Gasteiger partial charge on any atom is 0.115 e. The van der Waals surface area contributed by atoms with Gasteiger partial charge in [-0.2, -0.15) is 5.26 Å². The Kier molecular flexibility index (Phi) is 3.38. The Morgan fingerprint density at radius 3 is 2.28 bits per heavy atom. The zero-order valence-corrected chi connectivity index (χ0v) is 10.8. The van der Waals surface area contributed by atoms with Crippen molar-refractivity contribution in [3.05, 3.63) is 58.7 Å². The lowest BCUT2D eigenvalue weighted by atomic mass is 9.88. The van der Waals surface area contributed by atoms with Gasteiger partial charge in [0.25, 0.3) is 0 Å². The second kappa shape index (κ2) is 4.97. The van der Waals surface area contributed by atoms with Crippen LogP contribution in [0.2, 0.25) is 0 Å². The Morgan fingerprint density at radius 2 is 1.78 bits per heavy atom. The molecule has 1 heterocycles. The molecule has 0 saturated heterocycles. The van der Waals surface area contributed by atoms with E-state index in [0.29, 0.717) is 5.69 Å². The largest absolute Gasteiger partial charge is 0.261 e. The van der Waals surface area contributed by atoms with Gasteiger partial charge in [0.15, 0.2) is 0 Å². The summed E-state index contributed by atoms with van der Waals surface area (Å²) in [6.07, 6.45) is 4.90. The van der Waals surface area contributed by atoms with Crippen LogP contribution in [0, 0.1) is 32.1 Å². The van der Waals surface area contributed by atoms with E-state index in [1.807, 2.05) is 13.8 Å². The van der Waals surface area contributed by atoms with E-state index in [1.54, 1.807) is 18.6 Å². The van der Waals surface area contributed by atoms with Gasteiger partial charge in [-0.15, -0.1) is 0 Å². The first-order chi connectivity index (χ1) is 8.63. The summed E-state index contributed by atoms with van der Waals surface area (Å²) in [5.41, 5.74) is 5.22. The molecule has 90 valence electrons. The van der Waals surface area contributed by atoms with Crippen molar-refractivity contribution in [2.75, 3.05) is 0 Å². The molecule has 0 radical (unpaired) electrons. The molecule has 1 atom stereocenters. The first-order valence-corrected chi connectivity index (χ1v) is 5.86. The van der Waals surface area contributed by atoms with Crippen molar-refractivity contribution in [3.8, 4) is 6.07 Å². The molecule has 1 aromatic heterocycles. The summed E-state index contributed by atoms with van der Waals surface area (Å²) in [4.78, 5) is 8.29. The van der Waals surface area contributed by atoms with Crippen LogP contribution in [-0.4, -0.2) is 9.97 Å². The Balaban J connectivity index is 2.57. The highest BCUT2D eigenvalue weighted by Crippen LogP contribution is 2.28. The topological polar surface area (TPSA) is 49.6 Å². The Labute approximate surface area is 107 Å². The third-order valence-corrected chi connectivity index (χ3v) is 3.03. The number of hydrogen-bond donors (Lipinski definition) is 0. The first-order valence-electron chi connectivity index (χ1n) is 5.86. The van der Waals surface area contributed by atoms with Crippen LogP contribution >= 0.6 is 0 Å². The van der Waals surface area contributed by atoms with Crippen molar-refractivity contribution in [1.29, 1.82) is 5.26 Å². The molecule has 0 amide bonds. The van der Waals surface area contributed by atoms with Gasteiger partial charge in [0, 0.05) is 12.4 Å². The molecule has 0 fully saturated rings. The van der Waals surface area contributed by atoms with E-state index in [-0.39, 0.29) is 5.92 Å². The SMILES string of the molecule is Cc1cc(C)c(C(C#N)c2cnccn2)c(C)c1. The van der Waals surface area contributed by atoms with Gasteiger partial charge in [0.05, 0.1) is 18.0 Å². The standard InChI is InChI=1S/C15H15N3/c1-10-6-11(2)15(12(3)7-10)13(8-16)14-9-17-4-5-18-14/h4-7,9,13H,1-3H3. The summed E-state index contributed by atoms with van der Waals surface area (Å²) >= 11 is 0. The van der Waals surface area contributed by atoms with Crippen molar-refractivity contribution in [1.82, 2.24) is 9.97 Å². The molecule has 0 bridgehead atoms. The van der Waals surface area contributed by atoms with Gasteiger partial charge >= 0.3 is 0 Å². The van der Waals surface area contributed by atoms with E-state index in [0.717, 1.165) is 16.7 Å². The van der Waals surface area contributed by atoms with E-state index in [4.69, 9.17) is 0 Å². The van der Waals surface area contributed by atoms with Gasteiger partial charge in [0.1, 0.15) is 5.92 Å². The molecule has 1 aromatic carbocycles. The van der Waals surface area contributed by atoms with Gasteiger partial charge in [-0.1, -0.05) is 17.7 Å². The van der Waals surface area contributed by atoms with Crippen LogP contribution < -0.4 is 0 Å². The molecule has 2 rings (SSSR count). The quantitative estimate of drug-likeness (QED) is 0.806. The van der Waals surface area contributed by atoms with Crippen LogP contribution in [-0.2, 0) is 0 Å². The molecule has 0 saturated carbocycles. The normalized spacial score (nSPS) is 11.9. The fourth-order valence-corrected chi connectivity index (χ4v) is 2.38. The molecule has 0 spiro atoms. The molecular weight excluding hydrogens is 222 g/mol. The summed E-state index contributed by atoms with van der Waals surface area (Å²) in [5.74, 6) is -0.348. The number of benzene rings is 1. The minimum atomic E-state index is -0.348. The summed E-state index contributed by atoms with van der Waals surface area (Å²) in [6, 6.07) is 6.53. The predicted molar refractivity (Wildman–Crippen MR) is 70.1 cm³/mol. The van der Waals surface area contributed by atoms with Gasteiger partial charge in [0.2, 0.25) is 0 Å². The van der Waals surface area contributed by atoms with Crippen LogP contribution in [0.15, 0.2) is 30.7 Å². The number of hydrogen-bond acceptors (Lipinski definition) is 3. The summed E-state index contributed by atoms with van der Waals surface area (Å²) in [5, 5.41) is 9.43. The Hall–Kier alpha value is -2.21. The summed E-state index contributed by atoms with van der Waals surface area (Å²) in [7, 11) is 0. The van der Waals surface area contributed by atoms with E-state index >= 15 is 0 Å². The lowest BCUT2D eigenvalue weighted by Crippen LogP contribution is -2.06. The van der Waals surface area contributed by atoms with Crippen molar-refractivity contribution in [2.24, 2.45) is 0 Å². The Morgan fingerprint density at radius 1 is 1.11 bits per heavy atom. The van der Waals surface area contributed by atoms with Crippen LogP contribution in [0.1, 0.15) is 33.9 Å².